The predicted octanol–water partition coefficient (Wildman–Crippen LogP) is 3.04. The standard InChI is InChI=1S/C26H28N2O7/c29-23(27-13-1-2-14-27)17-33-25(31)19-5-9-21(10-6-19)35-22-11-7-20(8-12-22)26(32)34-18-24(30)28-15-3-4-16-28/h5-12H,1-4,13-18H2. The van der Waals surface area contributed by atoms with Crippen molar-refractivity contribution in [3.63, 3.8) is 0 Å². The Morgan fingerprint density at radius 3 is 1.26 bits per heavy atom. The highest BCUT2D eigenvalue weighted by atomic mass is 16.5. The summed E-state index contributed by atoms with van der Waals surface area (Å²) in [7, 11) is 0. The van der Waals surface area contributed by atoms with Gasteiger partial charge in [-0.1, -0.05) is 0 Å². The summed E-state index contributed by atoms with van der Waals surface area (Å²) < 4.78 is 16.0. The number of rotatable bonds is 8. The summed E-state index contributed by atoms with van der Waals surface area (Å²) in [5.74, 6) is -0.532. The average Bonchev–Trinajstić information content (AvgIpc) is 3.61. The van der Waals surface area contributed by atoms with Crippen molar-refractivity contribution in [2.24, 2.45) is 0 Å². The Balaban J connectivity index is 1.23. The van der Waals surface area contributed by atoms with Gasteiger partial charge >= 0.3 is 11.9 Å². The molecule has 0 unspecified atom stereocenters. The lowest BCUT2D eigenvalue weighted by Gasteiger charge is -2.15. The van der Waals surface area contributed by atoms with E-state index in [0.717, 1.165) is 25.7 Å². The summed E-state index contributed by atoms with van der Waals surface area (Å²) in [6.07, 6.45) is 3.92. The molecule has 2 aliphatic heterocycles. The monoisotopic (exact) mass is 480 g/mol. The Bertz CT molecular complexity index is 969. The van der Waals surface area contributed by atoms with Crippen molar-refractivity contribution in [2.45, 2.75) is 25.7 Å². The number of hydrogen-bond donors (Lipinski definition) is 0. The third-order valence-corrected chi connectivity index (χ3v) is 5.99. The van der Waals surface area contributed by atoms with Crippen molar-refractivity contribution in [1.82, 2.24) is 9.80 Å². The molecule has 9 heteroatoms. The normalized spacial score (nSPS) is 15.1. The second-order valence-corrected chi connectivity index (χ2v) is 8.48. The first kappa shape index (κ1) is 24.3. The third-order valence-electron chi connectivity index (χ3n) is 5.99. The Labute approximate surface area is 203 Å². The van der Waals surface area contributed by atoms with Crippen LogP contribution in [-0.4, -0.2) is 72.9 Å². The largest absolute Gasteiger partial charge is 0.457 e. The van der Waals surface area contributed by atoms with E-state index in [2.05, 4.69) is 0 Å². The van der Waals surface area contributed by atoms with Crippen LogP contribution >= 0.6 is 0 Å². The van der Waals surface area contributed by atoms with E-state index < -0.39 is 11.9 Å². The van der Waals surface area contributed by atoms with Gasteiger partial charge in [-0.05, 0) is 74.2 Å². The van der Waals surface area contributed by atoms with Crippen molar-refractivity contribution in [3.05, 3.63) is 59.7 Å². The molecule has 4 rings (SSSR count). The van der Waals surface area contributed by atoms with Crippen LogP contribution in [0.3, 0.4) is 0 Å². The van der Waals surface area contributed by atoms with Gasteiger partial charge in [0.1, 0.15) is 11.5 Å². The highest BCUT2D eigenvalue weighted by Gasteiger charge is 2.21. The van der Waals surface area contributed by atoms with Crippen LogP contribution in [0.5, 0.6) is 11.5 Å². The Morgan fingerprint density at radius 2 is 0.914 bits per heavy atom. The summed E-state index contributed by atoms with van der Waals surface area (Å²) in [5, 5.41) is 0. The molecule has 0 spiro atoms. The smallest absolute Gasteiger partial charge is 0.338 e. The molecule has 0 atom stereocenters. The second kappa shape index (κ2) is 11.5. The van der Waals surface area contributed by atoms with E-state index >= 15 is 0 Å². The molecule has 0 radical (unpaired) electrons. The zero-order valence-electron chi connectivity index (χ0n) is 19.4. The maximum absolute atomic E-state index is 12.2. The Morgan fingerprint density at radius 1 is 0.571 bits per heavy atom. The SMILES string of the molecule is O=C(OCC(=O)N1CCCC1)c1ccc(Oc2ccc(C(=O)OCC(=O)N3CCCC3)cc2)cc1. The van der Waals surface area contributed by atoms with Gasteiger partial charge in [0.05, 0.1) is 11.1 Å². The minimum Gasteiger partial charge on any atom is -0.457 e. The maximum Gasteiger partial charge on any atom is 0.338 e. The number of likely N-dealkylation sites (tertiary alicyclic amines) is 2. The number of carbonyl (C=O) groups is 4. The molecule has 2 aliphatic rings. The summed E-state index contributed by atoms with van der Waals surface area (Å²) in [5.41, 5.74) is 0.626. The highest BCUT2D eigenvalue weighted by molar-refractivity contribution is 5.92. The van der Waals surface area contributed by atoms with E-state index in [0.29, 0.717) is 48.8 Å². The molecule has 35 heavy (non-hydrogen) atoms. The van der Waals surface area contributed by atoms with Gasteiger partial charge in [-0.25, -0.2) is 9.59 Å². The van der Waals surface area contributed by atoms with Gasteiger partial charge < -0.3 is 24.0 Å². The Hall–Kier alpha value is -3.88. The van der Waals surface area contributed by atoms with Crippen LogP contribution in [0.15, 0.2) is 48.5 Å². The number of benzene rings is 2. The molecule has 0 N–H and O–H groups in total. The predicted molar refractivity (Wildman–Crippen MR) is 125 cm³/mol. The summed E-state index contributed by atoms with van der Waals surface area (Å²) in [4.78, 5) is 51.8. The highest BCUT2D eigenvalue weighted by Crippen LogP contribution is 2.23. The average molecular weight is 481 g/mol. The molecule has 184 valence electrons. The lowest BCUT2D eigenvalue weighted by atomic mass is 10.2. The number of ether oxygens (including phenoxy) is 3. The van der Waals surface area contributed by atoms with Crippen LogP contribution < -0.4 is 4.74 Å². The van der Waals surface area contributed by atoms with Gasteiger partial charge in [-0.3, -0.25) is 9.59 Å². The first-order chi connectivity index (χ1) is 17.0. The van der Waals surface area contributed by atoms with E-state index in [1.165, 1.54) is 0 Å². The molecule has 0 aromatic heterocycles. The molecule has 2 aromatic carbocycles. The zero-order chi connectivity index (χ0) is 24.6. The van der Waals surface area contributed by atoms with E-state index in [-0.39, 0.29) is 25.0 Å². The number of nitrogens with zero attached hydrogens (tertiary/aromatic N) is 2. The van der Waals surface area contributed by atoms with Crippen molar-refractivity contribution in [2.75, 3.05) is 39.4 Å². The molecule has 2 amide bonds. The summed E-state index contributed by atoms with van der Waals surface area (Å²) >= 11 is 0. The second-order valence-electron chi connectivity index (χ2n) is 8.48. The van der Waals surface area contributed by atoms with Crippen LogP contribution in [0.4, 0.5) is 0 Å². The lowest BCUT2D eigenvalue weighted by molar-refractivity contribution is -0.134. The lowest BCUT2D eigenvalue weighted by Crippen LogP contribution is -2.32. The van der Waals surface area contributed by atoms with Gasteiger partial charge in [0.25, 0.3) is 11.8 Å². The van der Waals surface area contributed by atoms with Crippen LogP contribution in [0.25, 0.3) is 0 Å². The molecule has 0 aliphatic carbocycles. The first-order valence-corrected chi connectivity index (χ1v) is 11.8. The van der Waals surface area contributed by atoms with Gasteiger partial charge in [0, 0.05) is 26.2 Å². The fourth-order valence-electron chi connectivity index (χ4n) is 3.99. The van der Waals surface area contributed by atoms with Gasteiger partial charge in [-0.2, -0.15) is 0 Å². The van der Waals surface area contributed by atoms with E-state index in [9.17, 15) is 19.2 Å². The fraction of sp³-hybridized carbons (Fsp3) is 0.385. The molecule has 9 nitrogen and oxygen atoms in total. The van der Waals surface area contributed by atoms with Gasteiger partial charge in [0.2, 0.25) is 0 Å². The third kappa shape index (κ3) is 6.59. The van der Waals surface area contributed by atoms with Gasteiger partial charge in [0.15, 0.2) is 13.2 Å². The van der Waals surface area contributed by atoms with Crippen LogP contribution in [0.1, 0.15) is 46.4 Å². The van der Waals surface area contributed by atoms with E-state index in [1.807, 2.05) is 0 Å². The molecule has 2 heterocycles. The molecule has 2 aromatic rings. The molecule has 2 saturated heterocycles. The maximum atomic E-state index is 12.2. The zero-order valence-corrected chi connectivity index (χ0v) is 19.4. The van der Waals surface area contributed by atoms with Crippen molar-refractivity contribution >= 4 is 23.8 Å². The van der Waals surface area contributed by atoms with Gasteiger partial charge in [-0.15, -0.1) is 0 Å². The molecular formula is C26H28N2O7. The minimum absolute atomic E-state index is 0.179. The molecular weight excluding hydrogens is 452 g/mol. The number of carbonyl (C=O) groups excluding carboxylic acids is 4. The minimum atomic E-state index is -0.574. The molecule has 2 fully saturated rings. The summed E-state index contributed by atoms with van der Waals surface area (Å²) in [6, 6.07) is 12.7. The van der Waals surface area contributed by atoms with Crippen molar-refractivity contribution < 1.29 is 33.4 Å². The quantitative estimate of drug-likeness (QED) is 0.535. The van der Waals surface area contributed by atoms with Crippen molar-refractivity contribution in [1.29, 1.82) is 0 Å². The first-order valence-electron chi connectivity index (χ1n) is 11.8. The number of esters is 2. The molecule has 0 bridgehead atoms. The Kier molecular flexibility index (Phi) is 7.97. The fourth-order valence-corrected chi connectivity index (χ4v) is 3.99. The number of hydrogen-bond acceptors (Lipinski definition) is 7. The van der Waals surface area contributed by atoms with Crippen molar-refractivity contribution in [3.8, 4) is 11.5 Å². The van der Waals surface area contributed by atoms with Crippen LogP contribution in [0, 0.1) is 0 Å². The number of amides is 2. The van der Waals surface area contributed by atoms with E-state index in [1.54, 1.807) is 58.3 Å². The molecule has 0 saturated carbocycles. The van der Waals surface area contributed by atoms with E-state index in [4.69, 9.17) is 14.2 Å². The summed E-state index contributed by atoms with van der Waals surface area (Å²) in [6.45, 7) is 2.31. The van der Waals surface area contributed by atoms with Crippen LogP contribution in [-0.2, 0) is 19.1 Å². The van der Waals surface area contributed by atoms with Crippen LogP contribution in [0.2, 0.25) is 0 Å². The topological polar surface area (TPSA) is 102 Å².